The number of hydrogen-bond donors (Lipinski definition) is 1. The van der Waals surface area contributed by atoms with Crippen LogP contribution in [0.25, 0.3) is 0 Å². The number of carbonyl (C=O) groups is 1. The van der Waals surface area contributed by atoms with Gasteiger partial charge in [0.15, 0.2) is 0 Å². The van der Waals surface area contributed by atoms with E-state index in [2.05, 4.69) is 12.2 Å². The third-order valence-electron chi connectivity index (χ3n) is 2.42. The largest absolute Gasteiger partial charge is 0.444 e. The van der Waals surface area contributed by atoms with Crippen LogP contribution in [0.3, 0.4) is 0 Å². The second-order valence-electron chi connectivity index (χ2n) is 5.26. The van der Waals surface area contributed by atoms with E-state index >= 15 is 0 Å². The standard InChI is InChI=1S/C11H21NO2.C2H6/c1-8-5-6-9(7-8)12-10(13)14-11(2,3)4;1-2/h8-9H,5-7H2,1-4H3,(H,12,13);1-2H3. The van der Waals surface area contributed by atoms with Gasteiger partial charge in [-0.2, -0.15) is 0 Å². The van der Waals surface area contributed by atoms with Crippen LogP contribution in [-0.4, -0.2) is 17.7 Å². The van der Waals surface area contributed by atoms with Gasteiger partial charge in [-0.3, -0.25) is 0 Å². The first kappa shape index (κ1) is 15.3. The highest BCUT2D eigenvalue weighted by molar-refractivity contribution is 5.68. The van der Waals surface area contributed by atoms with Crippen molar-refractivity contribution in [3.05, 3.63) is 0 Å². The van der Waals surface area contributed by atoms with Crippen molar-refractivity contribution >= 4 is 6.09 Å². The summed E-state index contributed by atoms with van der Waals surface area (Å²) in [6, 6.07) is 0.319. The molecule has 0 aromatic rings. The zero-order valence-corrected chi connectivity index (χ0v) is 11.6. The summed E-state index contributed by atoms with van der Waals surface area (Å²) in [5.41, 5.74) is -0.395. The molecule has 96 valence electrons. The van der Waals surface area contributed by atoms with Gasteiger partial charge < -0.3 is 10.1 Å². The van der Waals surface area contributed by atoms with Gasteiger partial charge in [-0.15, -0.1) is 0 Å². The van der Waals surface area contributed by atoms with Crippen molar-refractivity contribution in [2.75, 3.05) is 0 Å². The molecule has 1 rings (SSSR count). The van der Waals surface area contributed by atoms with Crippen LogP contribution in [0.5, 0.6) is 0 Å². The van der Waals surface area contributed by atoms with Crippen LogP contribution in [-0.2, 0) is 4.74 Å². The Morgan fingerprint density at radius 2 is 1.81 bits per heavy atom. The number of ether oxygens (including phenoxy) is 1. The molecule has 2 unspecified atom stereocenters. The number of hydrogen-bond acceptors (Lipinski definition) is 2. The van der Waals surface area contributed by atoms with E-state index in [-0.39, 0.29) is 6.09 Å². The van der Waals surface area contributed by atoms with Crippen molar-refractivity contribution < 1.29 is 9.53 Å². The Morgan fingerprint density at radius 3 is 2.19 bits per heavy atom. The molecule has 0 heterocycles. The van der Waals surface area contributed by atoms with Crippen LogP contribution in [0.4, 0.5) is 4.79 Å². The van der Waals surface area contributed by atoms with Crippen LogP contribution in [0, 0.1) is 5.92 Å². The maximum atomic E-state index is 11.4. The number of rotatable bonds is 1. The van der Waals surface area contributed by atoms with Crippen molar-refractivity contribution in [2.45, 2.75) is 72.4 Å². The van der Waals surface area contributed by atoms with E-state index in [0.717, 1.165) is 18.8 Å². The van der Waals surface area contributed by atoms with Crippen LogP contribution in [0.2, 0.25) is 0 Å². The summed E-state index contributed by atoms with van der Waals surface area (Å²) < 4.78 is 5.18. The minimum absolute atomic E-state index is 0.281. The average molecular weight is 229 g/mol. The van der Waals surface area contributed by atoms with Crippen molar-refractivity contribution in [3.8, 4) is 0 Å². The van der Waals surface area contributed by atoms with E-state index in [1.54, 1.807) is 0 Å². The lowest BCUT2D eigenvalue weighted by Gasteiger charge is -2.21. The molecular weight excluding hydrogens is 202 g/mol. The van der Waals surface area contributed by atoms with Gasteiger partial charge in [0.1, 0.15) is 5.60 Å². The van der Waals surface area contributed by atoms with E-state index < -0.39 is 5.60 Å². The molecule has 0 aliphatic heterocycles. The molecule has 0 radical (unpaired) electrons. The first-order valence-electron chi connectivity index (χ1n) is 6.36. The van der Waals surface area contributed by atoms with Gasteiger partial charge in [0.25, 0.3) is 0 Å². The lowest BCUT2D eigenvalue weighted by Crippen LogP contribution is -2.37. The van der Waals surface area contributed by atoms with E-state index in [1.165, 1.54) is 6.42 Å². The SMILES string of the molecule is CC.CC1CCC(NC(=O)OC(C)(C)C)C1. The molecular formula is C13H27NO2. The number of carbonyl (C=O) groups excluding carboxylic acids is 1. The molecule has 1 aliphatic carbocycles. The lowest BCUT2D eigenvalue weighted by atomic mass is 10.1. The topological polar surface area (TPSA) is 38.3 Å². The second kappa shape index (κ2) is 6.77. The van der Waals surface area contributed by atoms with Crippen LogP contribution < -0.4 is 5.32 Å². The predicted octanol–water partition coefficient (Wildman–Crippen LogP) is 3.73. The van der Waals surface area contributed by atoms with Crippen molar-refractivity contribution in [3.63, 3.8) is 0 Å². The molecule has 1 N–H and O–H groups in total. The molecule has 0 spiro atoms. The molecule has 1 saturated carbocycles. The van der Waals surface area contributed by atoms with E-state index in [1.807, 2.05) is 34.6 Å². The average Bonchev–Trinajstić information content (AvgIpc) is 2.51. The van der Waals surface area contributed by atoms with Gasteiger partial charge in [0.2, 0.25) is 0 Å². The summed E-state index contributed by atoms with van der Waals surface area (Å²) in [7, 11) is 0. The zero-order valence-electron chi connectivity index (χ0n) is 11.6. The molecule has 0 bridgehead atoms. The Bertz CT molecular complexity index is 208. The molecule has 2 atom stereocenters. The summed E-state index contributed by atoms with van der Waals surface area (Å²) in [4.78, 5) is 11.4. The number of amides is 1. The molecule has 0 saturated heterocycles. The lowest BCUT2D eigenvalue weighted by molar-refractivity contribution is 0.0505. The first-order chi connectivity index (χ1) is 7.37. The number of nitrogens with one attached hydrogen (secondary N) is 1. The summed E-state index contributed by atoms with van der Waals surface area (Å²) in [6.45, 7) is 11.9. The van der Waals surface area contributed by atoms with E-state index in [9.17, 15) is 4.79 Å². The molecule has 1 fully saturated rings. The fourth-order valence-electron chi connectivity index (χ4n) is 1.81. The first-order valence-corrected chi connectivity index (χ1v) is 6.36. The Balaban J connectivity index is 0.00000106. The third-order valence-corrected chi connectivity index (χ3v) is 2.42. The summed E-state index contributed by atoms with van der Waals surface area (Å²) in [6.07, 6.45) is 3.09. The quantitative estimate of drug-likeness (QED) is 0.744. The van der Waals surface area contributed by atoms with Crippen molar-refractivity contribution in [1.82, 2.24) is 5.32 Å². The molecule has 1 aliphatic rings. The van der Waals surface area contributed by atoms with Gasteiger partial charge in [0.05, 0.1) is 0 Å². The van der Waals surface area contributed by atoms with E-state index in [0.29, 0.717) is 6.04 Å². The van der Waals surface area contributed by atoms with Crippen LogP contribution >= 0.6 is 0 Å². The van der Waals surface area contributed by atoms with Crippen LogP contribution in [0.15, 0.2) is 0 Å². The molecule has 1 amide bonds. The molecule has 0 aromatic heterocycles. The summed E-state index contributed by atoms with van der Waals surface area (Å²) >= 11 is 0. The second-order valence-corrected chi connectivity index (χ2v) is 5.26. The molecule has 16 heavy (non-hydrogen) atoms. The highest BCUT2D eigenvalue weighted by atomic mass is 16.6. The molecule has 3 nitrogen and oxygen atoms in total. The third kappa shape index (κ3) is 6.70. The Kier molecular flexibility index (Phi) is 6.46. The van der Waals surface area contributed by atoms with Gasteiger partial charge >= 0.3 is 6.09 Å². The number of alkyl carbamates (subject to hydrolysis) is 1. The molecule has 0 aromatic carbocycles. The Labute approximate surface area is 99.9 Å². The molecule has 3 heteroatoms. The van der Waals surface area contributed by atoms with E-state index in [4.69, 9.17) is 4.74 Å². The van der Waals surface area contributed by atoms with Gasteiger partial charge in [-0.05, 0) is 46.0 Å². The van der Waals surface area contributed by atoms with Crippen molar-refractivity contribution in [1.29, 1.82) is 0 Å². The van der Waals surface area contributed by atoms with Crippen molar-refractivity contribution in [2.24, 2.45) is 5.92 Å². The van der Waals surface area contributed by atoms with Crippen LogP contribution in [0.1, 0.15) is 60.8 Å². The minimum atomic E-state index is -0.395. The zero-order chi connectivity index (χ0) is 12.8. The highest BCUT2D eigenvalue weighted by Gasteiger charge is 2.24. The maximum Gasteiger partial charge on any atom is 0.407 e. The minimum Gasteiger partial charge on any atom is -0.444 e. The predicted molar refractivity (Wildman–Crippen MR) is 67.5 cm³/mol. The van der Waals surface area contributed by atoms with Gasteiger partial charge in [-0.1, -0.05) is 20.8 Å². The summed E-state index contributed by atoms with van der Waals surface area (Å²) in [5, 5.41) is 2.90. The smallest absolute Gasteiger partial charge is 0.407 e. The Hall–Kier alpha value is -0.730. The maximum absolute atomic E-state index is 11.4. The fourth-order valence-corrected chi connectivity index (χ4v) is 1.81. The normalized spacial score (nSPS) is 24.4. The fraction of sp³-hybridized carbons (Fsp3) is 0.923. The van der Waals surface area contributed by atoms with Gasteiger partial charge in [0, 0.05) is 6.04 Å². The van der Waals surface area contributed by atoms with Gasteiger partial charge in [-0.25, -0.2) is 4.79 Å². The highest BCUT2D eigenvalue weighted by Crippen LogP contribution is 2.24. The monoisotopic (exact) mass is 229 g/mol. The summed E-state index contributed by atoms with van der Waals surface area (Å²) in [5.74, 6) is 0.731. The Morgan fingerprint density at radius 1 is 1.25 bits per heavy atom.